The minimum atomic E-state index is -1.12. The number of pyridine rings is 1. The van der Waals surface area contributed by atoms with Crippen molar-refractivity contribution in [2.75, 3.05) is 13.1 Å². The number of halogens is 1. The Labute approximate surface area is 155 Å². The van der Waals surface area contributed by atoms with Gasteiger partial charge < -0.3 is 15.3 Å². The van der Waals surface area contributed by atoms with Crippen LogP contribution in [0.1, 0.15) is 39.0 Å². The summed E-state index contributed by atoms with van der Waals surface area (Å²) in [4.78, 5) is 41.1. The van der Waals surface area contributed by atoms with E-state index in [-0.39, 0.29) is 48.3 Å². The van der Waals surface area contributed by atoms with E-state index in [1.807, 2.05) is 0 Å². The van der Waals surface area contributed by atoms with Crippen LogP contribution in [0, 0.1) is 12.7 Å². The first-order valence-corrected chi connectivity index (χ1v) is 8.33. The fourth-order valence-corrected chi connectivity index (χ4v) is 2.43. The van der Waals surface area contributed by atoms with Gasteiger partial charge in [-0.1, -0.05) is 12.1 Å². The highest BCUT2D eigenvalue weighted by atomic mass is 19.1. The van der Waals surface area contributed by atoms with Crippen LogP contribution in [0.15, 0.2) is 36.4 Å². The van der Waals surface area contributed by atoms with Gasteiger partial charge in [-0.05, 0) is 43.7 Å². The molecule has 2 amide bonds. The van der Waals surface area contributed by atoms with Crippen LogP contribution in [0.5, 0.6) is 0 Å². The number of carbonyl (C=O) groups excluding carboxylic acids is 2. The second kappa shape index (κ2) is 8.88. The molecule has 1 aromatic carbocycles. The van der Waals surface area contributed by atoms with Gasteiger partial charge in [-0.15, -0.1) is 0 Å². The molecule has 0 aliphatic heterocycles. The van der Waals surface area contributed by atoms with Crippen LogP contribution in [-0.2, 0) is 11.3 Å². The maximum absolute atomic E-state index is 12.9. The lowest BCUT2D eigenvalue weighted by Gasteiger charge is -2.20. The average Bonchev–Trinajstić information content (AvgIpc) is 2.64. The standard InChI is InChI=1S/C19H20FN3O4/c1-3-23(11-17(24)21-10-13-4-6-14(20)7-5-13)18(25)16-9-8-15(19(26)27)12(2)22-16/h4-9H,3,10-11H2,1-2H3,(H,21,24)(H,26,27). The molecule has 0 spiro atoms. The first-order chi connectivity index (χ1) is 12.8. The molecule has 142 valence electrons. The summed E-state index contributed by atoms with van der Waals surface area (Å²) in [7, 11) is 0. The number of nitrogens with zero attached hydrogens (tertiary/aromatic N) is 2. The Morgan fingerprint density at radius 1 is 1.15 bits per heavy atom. The van der Waals surface area contributed by atoms with Crippen LogP contribution in [0.2, 0.25) is 0 Å². The zero-order chi connectivity index (χ0) is 20.0. The number of benzene rings is 1. The Morgan fingerprint density at radius 3 is 2.37 bits per heavy atom. The Balaban J connectivity index is 1.99. The lowest BCUT2D eigenvalue weighted by Crippen LogP contribution is -2.40. The quantitative estimate of drug-likeness (QED) is 0.773. The fourth-order valence-electron chi connectivity index (χ4n) is 2.43. The van der Waals surface area contributed by atoms with Gasteiger partial charge in [-0.25, -0.2) is 14.2 Å². The summed E-state index contributed by atoms with van der Waals surface area (Å²) in [5, 5.41) is 11.7. The third-order valence-corrected chi connectivity index (χ3v) is 3.94. The Morgan fingerprint density at radius 2 is 1.81 bits per heavy atom. The van der Waals surface area contributed by atoms with Gasteiger partial charge in [0.15, 0.2) is 0 Å². The summed E-state index contributed by atoms with van der Waals surface area (Å²) in [5.74, 6) is -2.31. The topological polar surface area (TPSA) is 99.6 Å². The van der Waals surface area contributed by atoms with Crippen molar-refractivity contribution in [1.82, 2.24) is 15.2 Å². The van der Waals surface area contributed by atoms with Gasteiger partial charge in [0, 0.05) is 13.1 Å². The number of nitrogens with one attached hydrogen (secondary N) is 1. The van der Waals surface area contributed by atoms with Crippen LogP contribution in [0.4, 0.5) is 4.39 Å². The number of rotatable bonds is 7. The van der Waals surface area contributed by atoms with E-state index in [9.17, 15) is 18.8 Å². The van der Waals surface area contributed by atoms with E-state index in [1.165, 1.54) is 36.1 Å². The predicted molar refractivity (Wildman–Crippen MR) is 95.8 cm³/mol. The van der Waals surface area contributed by atoms with Gasteiger partial charge in [0.2, 0.25) is 5.91 Å². The number of hydrogen-bond donors (Lipinski definition) is 2. The van der Waals surface area contributed by atoms with Crippen LogP contribution >= 0.6 is 0 Å². The molecule has 0 bridgehead atoms. The molecule has 0 unspecified atom stereocenters. The molecule has 1 aromatic heterocycles. The Kier molecular flexibility index (Phi) is 6.59. The fraction of sp³-hybridized carbons (Fsp3) is 0.263. The first-order valence-electron chi connectivity index (χ1n) is 8.33. The number of hydrogen-bond acceptors (Lipinski definition) is 4. The van der Waals surface area contributed by atoms with Crippen LogP contribution in [0.3, 0.4) is 0 Å². The van der Waals surface area contributed by atoms with Gasteiger partial charge in [0.1, 0.15) is 11.5 Å². The van der Waals surface area contributed by atoms with Gasteiger partial charge in [0.25, 0.3) is 5.91 Å². The van der Waals surface area contributed by atoms with E-state index >= 15 is 0 Å². The number of carbonyl (C=O) groups is 3. The lowest BCUT2D eigenvalue weighted by molar-refractivity contribution is -0.121. The summed E-state index contributed by atoms with van der Waals surface area (Å²) >= 11 is 0. The van der Waals surface area contributed by atoms with Crippen molar-refractivity contribution < 1.29 is 23.9 Å². The third kappa shape index (κ3) is 5.34. The number of carboxylic acid groups (broad SMARTS) is 1. The molecule has 0 fully saturated rings. The van der Waals surface area contributed by atoms with E-state index in [0.717, 1.165) is 5.56 Å². The highest BCUT2D eigenvalue weighted by Gasteiger charge is 2.20. The largest absolute Gasteiger partial charge is 0.478 e. The molecule has 0 atom stereocenters. The number of likely N-dealkylation sites (N-methyl/N-ethyl adjacent to an activating group) is 1. The molecule has 27 heavy (non-hydrogen) atoms. The van der Waals surface area contributed by atoms with Crippen LogP contribution in [0.25, 0.3) is 0 Å². The number of aryl methyl sites for hydroxylation is 1. The third-order valence-electron chi connectivity index (χ3n) is 3.94. The summed E-state index contributed by atoms with van der Waals surface area (Å²) in [6.07, 6.45) is 0. The maximum Gasteiger partial charge on any atom is 0.337 e. The number of amides is 2. The van der Waals surface area contributed by atoms with Gasteiger partial charge >= 0.3 is 5.97 Å². The molecular weight excluding hydrogens is 353 g/mol. The molecule has 0 saturated heterocycles. The number of aromatic carboxylic acids is 1. The van der Waals surface area contributed by atoms with E-state index in [4.69, 9.17) is 5.11 Å². The monoisotopic (exact) mass is 373 g/mol. The molecule has 0 aliphatic rings. The van der Waals surface area contributed by atoms with Gasteiger partial charge in [-0.3, -0.25) is 9.59 Å². The van der Waals surface area contributed by atoms with E-state index in [1.54, 1.807) is 19.1 Å². The zero-order valence-electron chi connectivity index (χ0n) is 15.0. The SMILES string of the molecule is CCN(CC(=O)NCc1ccc(F)cc1)C(=O)c1ccc(C(=O)O)c(C)n1. The highest BCUT2D eigenvalue weighted by molar-refractivity contribution is 5.96. The van der Waals surface area contributed by atoms with Crippen LogP contribution < -0.4 is 5.32 Å². The normalized spacial score (nSPS) is 10.3. The molecule has 0 radical (unpaired) electrons. The van der Waals surface area contributed by atoms with Crippen molar-refractivity contribution in [3.05, 3.63) is 64.7 Å². The summed E-state index contributed by atoms with van der Waals surface area (Å²) < 4.78 is 12.9. The van der Waals surface area contributed by atoms with Crippen molar-refractivity contribution in [3.8, 4) is 0 Å². The summed E-state index contributed by atoms with van der Waals surface area (Å²) in [6, 6.07) is 8.39. The van der Waals surface area contributed by atoms with Crippen molar-refractivity contribution in [2.45, 2.75) is 20.4 Å². The van der Waals surface area contributed by atoms with Crippen molar-refractivity contribution in [3.63, 3.8) is 0 Å². The summed E-state index contributed by atoms with van der Waals surface area (Å²) in [6.45, 7) is 3.56. The second-order valence-corrected chi connectivity index (χ2v) is 5.86. The van der Waals surface area contributed by atoms with Crippen LogP contribution in [-0.4, -0.2) is 45.9 Å². The molecule has 1 heterocycles. The van der Waals surface area contributed by atoms with Crippen molar-refractivity contribution >= 4 is 17.8 Å². The first kappa shape index (κ1) is 20.0. The van der Waals surface area contributed by atoms with E-state index in [2.05, 4.69) is 10.3 Å². The van der Waals surface area contributed by atoms with Crippen molar-refractivity contribution in [2.24, 2.45) is 0 Å². The number of aromatic nitrogens is 1. The molecule has 2 rings (SSSR count). The van der Waals surface area contributed by atoms with E-state index in [0.29, 0.717) is 0 Å². The molecule has 2 aromatic rings. The summed E-state index contributed by atoms with van der Waals surface area (Å²) in [5.41, 5.74) is 1.06. The average molecular weight is 373 g/mol. The van der Waals surface area contributed by atoms with Gasteiger partial charge in [-0.2, -0.15) is 0 Å². The van der Waals surface area contributed by atoms with Gasteiger partial charge in [0.05, 0.1) is 17.8 Å². The van der Waals surface area contributed by atoms with E-state index < -0.39 is 11.9 Å². The molecule has 0 aliphatic carbocycles. The lowest BCUT2D eigenvalue weighted by atomic mass is 10.2. The Bertz CT molecular complexity index is 853. The molecule has 8 heteroatoms. The number of carboxylic acids is 1. The minimum Gasteiger partial charge on any atom is -0.478 e. The smallest absolute Gasteiger partial charge is 0.337 e. The highest BCUT2D eigenvalue weighted by Crippen LogP contribution is 2.09. The predicted octanol–water partition coefficient (Wildman–Crippen LogP) is 2.01. The molecular formula is C19H20FN3O4. The Hall–Kier alpha value is -3.29. The zero-order valence-corrected chi connectivity index (χ0v) is 15.0. The molecule has 7 nitrogen and oxygen atoms in total. The second-order valence-electron chi connectivity index (χ2n) is 5.86. The maximum atomic E-state index is 12.9. The molecule has 2 N–H and O–H groups in total. The minimum absolute atomic E-state index is 0.0200. The molecule has 0 saturated carbocycles. The van der Waals surface area contributed by atoms with Crippen molar-refractivity contribution in [1.29, 1.82) is 0 Å².